The average Bonchev–Trinajstić information content (AvgIpc) is 2.21. The maximum Gasteiger partial charge on any atom is 0.469 e. The first kappa shape index (κ1) is 14.2. The Morgan fingerprint density at radius 1 is 1.41 bits per heavy atom. The number of hydrogen-bond donors (Lipinski definition) is 3. The molecule has 0 saturated carbocycles. The number of phosphoric acid groups is 1. The van der Waals surface area contributed by atoms with E-state index in [1.54, 1.807) is 0 Å². The van der Waals surface area contributed by atoms with Gasteiger partial charge in [-0.25, -0.2) is 13.3 Å². The fourth-order valence-electron chi connectivity index (χ4n) is 1.24. The van der Waals surface area contributed by atoms with Crippen LogP contribution in [0, 0.1) is 11.6 Å². The van der Waals surface area contributed by atoms with Gasteiger partial charge in [0.2, 0.25) is 0 Å². The minimum absolute atomic E-state index is 0.0341. The molecule has 96 valence electrons. The van der Waals surface area contributed by atoms with Gasteiger partial charge >= 0.3 is 7.82 Å². The van der Waals surface area contributed by atoms with Crippen LogP contribution in [0.25, 0.3) is 0 Å². The average molecular weight is 267 g/mol. The predicted molar refractivity (Wildman–Crippen MR) is 56.0 cm³/mol. The van der Waals surface area contributed by atoms with E-state index in [1.165, 1.54) is 12.1 Å². The van der Waals surface area contributed by atoms with E-state index in [0.29, 0.717) is 0 Å². The third-order valence-corrected chi connectivity index (χ3v) is 2.46. The van der Waals surface area contributed by atoms with Crippen LogP contribution in [-0.2, 0) is 15.5 Å². The summed E-state index contributed by atoms with van der Waals surface area (Å²) in [6, 6.07) is 2.80. The van der Waals surface area contributed by atoms with Gasteiger partial charge in [0.25, 0.3) is 0 Å². The van der Waals surface area contributed by atoms with Crippen LogP contribution < -0.4 is 5.73 Å². The zero-order valence-corrected chi connectivity index (χ0v) is 9.61. The summed E-state index contributed by atoms with van der Waals surface area (Å²) in [7, 11) is -4.59. The Labute approximate surface area is 96.4 Å². The summed E-state index contributed by atoms with van der Waals surface area (Å²) in [6.07, 6.45) is -0.0798. The molecule has 1 aromatic carbocycles. The second kappa shape index (κ2) is 5.66. The summed E-state index contributed by atoms with van der Waals surface area (Å²) < 4.78 is 40.6. The van der Waals surface area contributed by atoms with Gasteiger partial charge in [0.05, 0.1) is 6.61 Å². The van der Waals surface area contributed by atoms with Crippen molar-refractivity contribution in [3.63, 3.8) is 0 Å². The van der Waals surface area contributed by atoms with Gasteiger partial charge in [-0.1, -0.05) is 12.1 Å². The molecule has 0 radical (unpaired) electrons. The first-order valence-corrected chi connectivity index (χ1v) is 6.21. The molecule has 1 rings (SSSR count). The minimum atomic E-state index is -4.59. The molecule has 0 heterocycles. The van der Waals surface area contributed by atoms with Crippen LogP contribution in [0.15, 0.2) is 18.2 Å². The van der Waals surface area contributed by atoms with Crippen LogP contribution in [0.3, 0.4) is 0 Å². The molecule has 8 heteroatoms. The molecule has 1 atom stereocenters. The van der Waals surface area contributed by atoms with Crippen molar-refractivity contribution in [1.82, 2.24) is 0 Å². The molecule has 0 amide bonds. The Hall–Kier alpha value is -0.850. The molecule has 5 nitrogen and oxygen atoms in total. The third kappa shape index (κ3) is 4.89. The van der Waals surface area contributed by atoms with Gasteiger partial charge in [-0.05, 0) is 18.1 Å². The highest BCUT2D eigenvalue weighted by atomic mass is 31.2. The third-order valence-electron chi connectivity index (χ3n) is 1.97. The predicted octanol–water partition coefficient (Wildman–Crippen LogP) is 0.944. The molecule has 0 spiro atoms. The van der Waals surface area contributed by atoms with Crippen LogP contribution in [0.4, 0.5) is 8.78 Å². The summed E-state index contributed by atoms with van der Waals surface area (Å²) in [6.45, 7) is -0.444. The Morgan fingerprint density at radius 3 is 2.65 bits per heavy atom. The molecular formula is C9H12F2NO4P. The van der Waals surface area contributed by atoms with Crippen molar-refractivity contribution in [2.24, 2.45) is 5.73 Å². The van der Waals surface area contributed by atoms with Crippen LogP contribution in [0.5, 0.6) is 0 Å². The van der Waals surface area contributed by atoms with Crippen molar-refractivity contribution < 1.29 is 27.7 Å². The molecule has 4 N–H and O–H groups in total. The lowest BCUT2D eigenvalue weighted by atomic mass is 10.1. The minimum Gasteiger partial charge on any atom is -0.325 e. The summed E-state index contributed by atoms with van der Waals surface area (Å²) in [5.41, 5.74) is 5.51. The van der Waals surface area contributed by atoms with Crippen LogP contribution in [0.2, 0.25) is 0 Å². The zero-order valence-electron chi connectivity index (χ0n) is 8.72. The van der Waals surface area contributed by atoms with E-state index in [4.69, 9.17) is 15.5 Å². The molecular weight excluding hydrogens is 255 g/mol. The van der Waals surface area contributed by atoms with Crippen molar-refractivity contribution in [3.05, 3.63) is 35.4 Å². The summed E-state index contributed by atoms with van der Waals surface area (Å²) in [4.78, 5) is 16.9. The lowest BCUT2D eigenvalue weighted by molar-refractivity contribution is 0.185. The van der Waals surface area contributed by atoms with Crippen LogP contribution >= 0.6 is 7.82 Å². The Morgan fingerprint density at radius 2 is 2.06 bits per heavy atom. The van der Waals surface area contributed by atoms with Gasteiger partial charge in [0, 0.05) is 6.04 Å². The van der Waals surface area contributed by atoms with E-state index in [-0.39, 0.29) is 12.0 Å². The summed E-state index contributed by atoms with van der Waals surface area (Å²) >= 11 is 0. The number of benzene rings is 1. The van der Waals surface area contributed by atoms with Crippen LogP contribution in [0.1, 0.15) is 5.56 Å². The van der Waals surface area contributed by atoms with Crippen molar-refractivity contribution in [3.8, 4) is 0 Å². The maximum absolute atomic E-state index is 13.2. The SMILES string of the molecule is NC(COP(=O)(O)O)Cc1cccc(F)c1F. The number of nitrogens with two attached hydrogens (primary N) is 1. The van der Waals surface area contributed by atoms with E-state index in [2.05, 4.69) is 4.52 Å². The molecule has 0 aromatic heterocycles. The second-order valence-corrected chi connectivity index (χ2v) is 4.70. The Balaban J connectivity index is 2.59. The van der Waals surface area contributed by atoms with Crippen LogP contribution in [-0.4, -0.2) is 22.4 Å². The summed E-state index contributed by atoms with van der Waals surface area (Å²) in [5, 5.41) is 0. The zero-order chi connectivity index (χ0) is 13.1. The van der Waals surface area contributed by atoms with Crippen molar-refractivity contribution >= 4 is 7.82 Å². The van der Waals surface area contributed by atoms with Gasteiger partial charge in [0.1, 0.15) is 0 Å². The molecule has 0 bridgehead atoms. The molecule has 1 aromatic rings. The van der Waals surface area contributed by atoms with Crippen molar-refractivity contribution in [2.75, 3.05) is 6.61 Å². The van der Waals surface area contributed by atoms with Crippen molar-refractivity contribution in [2.45, 2.75) is 12.5 Å². The van der Waals surface area contributed by atoms with Gasteiger partial charge in [-0.3, -0.25) is 4.52 Å². The molecule has 17 heavy (non-hydrogen) atoms. The van der Waals surface area contributed by atoms with Gasteiger partial charge in [-0.2, -0.15) is 0 Å². The van der Waals surface area contributed by atoms with E-state index in [9.17, 15) is 13.3 Å². The first-order chi connectivity index (χ1) is 7.79. The number of rotatable bonds is 5. The molecule has 0 aliphatic carbocycles. The molecule has 0 fully saturated rings. The number of hydrogen-bond acceptors (Lipinski definition) is 3. The quantitative estimate of drug-likeness (QED) is 0.690. The van der Waals surface area contributed by atoms with Gasteiger partial charge < -0.3 is 15.5 Å². The van der Waals surface area contributed by atoms with E-state index >= 15 is 0 Å². The fraction of sp³-hybridized carbons (Fsp3) is 0.333. The Kier molecular flexibility index (Phi) is 4.73. The first-order valence-electron chi connectivity index (χ1n) is 4.68. The highest BCUT2D eigenvalue weighted by Crippen LogP contribution is 2.35. The number of phosphoric ester groups is 1. The maximum atomic E-state index is 13.2. The standard InChI is InChI=1S/C9H12F2NO4P/c10-8-3-1-2-6(9(8)11)4-7(12)5-16-17(13,14)15/h1-3,7H,4-5,12H2,(H2,13,14,15). The smallest absolute Gasteiger partial charge is 0.325 e. The van der Waals surface area contributed by atoms with E-state index < -0.39 is 32.1 Å². The topological polar surface area (TPSA) is 92.8 Å². The Bertz CT molecular complexity index is 437. The van der Waals surface area contributed by atoms with Gasteiger partial charge in [0.15, 0.2) is 11.6 Å². The largest absolute Gasteiger partial charge is 0.469 e. The molecule has 0 aliphatic rings. The lowest BCUT2D eigenvalue weighted by Crippen LogP contribution is -2.28. The summed E-state index contributed by atoms with van der Waals surface area (Å²) in [5.74, 6) is -2.01. The van der Waals surface area contributed by atoms with Gasteiger partial charge in [-0.15, -0.1) is 0 Å². The molecule has 0 aliphatic heterocycles. The highest BCUT2D eigenvalue weighted by molar-refractivity contribution is 7.46. The number of halogens is 2. The lowest BCUT2D eigenvalue weighted by Gasteiger charge is -2.13. The van der Waals surface area contributed by atoms with E-state index in [1.807, 2.05) is 0 Å². The fourth-order valence-corrected chi connectivity index (χ4v) is 1.63. The normalized spacial score (nSPS) is 13.7. The monoisotopic (exact) mass is 267 g/mol. The second-order valence-electron chi connectivity index (χ2n) is 3.46. The molecule has 1 unspecified atom stereocenters. The highest BCUT2D eigenvalue weighted by Gasteiger charge is 2.17. The molecule has 0 saturated heterocycles. The van der Waals surface area contributed by atoms with Crippen molar-refractivity contribution in [1.29, 1.82) is 0 Å². The van der Waals surface area contributed by atoms with E-state index in [0.717, 1.165) is 6.07 Å².